The van der Waals surface area contributed by atoms with Crippen LogP contribution in [0.1, 0.15) is 5.56 Å². The number of halogens is 1. The molecular weight excluding hydrogens is 232 g/mol. The van der Waals surface area contributed by atoms with Crippen LogP contribution < -0.4 is 4.74 Å². The van der Waals surface area contributed by atoms with Gasteiger partial charge in [0.2, 0.25) is 0 Å². The Morgan fingerprint density at radius 2 is 2.27 bits per heavy atom. The first-order chi connectivity index (χ1) is 7.22. The van der Waals surface area contributed by atoms with E-state index in [1.165, 1.54) is 0 Å². The van der Waals surface area contributed by atoms with E-state index in [1.807, 2.05) is 18.2 Å². The van der Waals surface area contributed by atoms with E-state index in [0.717, 1.165) is 22.1 Å². The molecule has 1 aromatic carbocycles. The summed E-state index contributed by atoms with van der Waals surface area (Å²) in [7, 11) is 1.63. The predicted octanol–water partition coefficient (Wildman–Crippen LogP) is 2.55. The lowest BCUT2D eigenvalue weighted by atomic mass is 9.80. The van der Waals surface area contributed by atoms with Crippen LogP contribution in [0.25, 0.3) is 0 Å². The average molecular weight is 245 g/mol. The minimum Gasteiger partial charge on any atom is -0.497 e. The molecule has 1 aromatic rings. The second-order valence-electron chi connectivity index (χ2n) is 3.78. The summed E-state index contributed by atoms with van der Waals surface area (Å²) in [6.45, 7) is 1.39. The van der Waals surface area contributed by atoms with Crippen molar-refractivity contribution < 1.29 is 9.47 Å². The summed E-state index contributed by atoms with van der Waals surface area (Å²) >= 11 is 10.6. The molecule has 2 nitrogen and oxygen atoms in total. The maximum atomic E-state index is 6.21. The fraction of sp³-hybridized carbons (Fsp3) is 0.455. The third-order valence-electron chi connectivity index (χ3n) is 2.81. The SMILES string of the molecule is COc1ccc(C2(CS)COC2)c(Cl)c1. The number of thiol groups is 1. The van der Waals surface area contributed by atoms with Crippen LogP contribution in [-0.2, 0) is 10.2 Å². The van der Waals surface area contributed by atoms with Gasteiger partial charge in [-0.05, 0) is 17.7 Å². The average Bonchev–Trinajstić information content (AvgIpc) is 2.19. The molecule has 0 bridgehead atoms. The molecule has 1 aliphatic heterocycles. The third kappa shape index (κ3) is 1.84. The molecule has 0 N–H and O–H groups in total. The zero-order valence-electron chi connectivity index (χ0n) is 8.50. The van der Waals surface area contributed by atoms with Crippen molar-refractivity contribution in [1.29, 1.82) is 0 Å². The summed E-state index contributed by atoms with van der Waals surface area (Å²) in [6, 6.07) is 5.75. The van der Waals surface area contributed by atoms with Crippen molar-refractivity contribution in [3.8, 4) is 5.75 Å². The Morgan fingerprint density at radius 3 is 2.67 bits per heavy atom. The Balaban J connectivity index is 2.36. The van der Waals surface area contributed by atoms with Crippen molar-refractivity contribution in [2.24, 2.45) is 0 Å². The first-order valence-electron chi connectivity index (χ1n) is 4.74. The molecule has 0 aliphatic carbocycles. The molecule has 2 rings (SSSR count). The Labute approximate surface area is 99.9 Å². The maximum Gasteiger partial charge on any atom is 0.120 e. The summed E-state index contributed by atoms with van der Waals surface area (Å²) < 4.78 is 10.4. The molecular formula is C11H13ClO2S. The predicted molar refractivity (Wildman–Crippen MR) is 64.4 cm³/mol. The van der Waals surface area contributed by atoms with Crippen molar-refractivity contribution >= 4 is 24.2 Å². The maximum absolute atomic E-state index is 6.21. The first kappa shape index (κ1) is 11.1. The van der Waals surface area contributed by atoms with Gasteiger partial charge in [0.25, 0.3) is 0 Å². The van der Waals surface area contributed by atoms with Gasteiger partial charge >= 0.3 is 0 Å². The van der Waals surface area contributed by atoms with Crippen molar-refractivity contribution in [1.82, 2.24) is 0 Å². The highest BCUT2D eigenvalue weighted by Gasteiger charge is 2.40. The number of methoxy groups -OCH3 is 1. The fourth-order valence-corrected chi connectivity index (χ4v) is 2.46. The minimum atomic E-state index is -0.00747. The van der Waals surface area contributed by atoms with E-state index >= 15 is 0 Å². The lowest BCUT2D eigenvalue weighted by molar-refractivity contribution is -0.0470. The number of hydrogen-bond acceptors (Lipinski definition) is 3. The lowest BCUT2D eigenvalue weighted by Gasteiger charge is -2.41. The minimum absolute atomic E-state index is 0.00747. The zero-order valence-corrected chi connectivity index (χ0v) is 10.1. The van der Waals surface area contributed by atoms with Crippen LogP contribution in [0, 0.1) is 0 Å². The van der Waals surface area contributed by atoms with Gasteiger partial charge in [0, 0.05) is 10.8 Å². The molecule has 82 valence electrons. The van der Waals surface area contributed by atoms with Gasteiger partial charge in [-0.3, -0.25) is 0 Å². The standard InChI is InChI=1S/C11H13ClO2S/c1-13-8-2-3-9(10(12)4-8)11(7-15)5-14-6-11/h2-4,15H,5-7H2,1H3. The van der Waals surface area contributed by atoms with Crippen molar-refractivity contribution in [3.05, 3.63) is 28.8 Å². The molecule has 1 fully saturated rings. The number of ether oxygens (including phenoxy) is 2. The van der Waals surface area contributed by atoms with Gasteiger partial charge in [-0.15, -0.1) is 0 Å². The van der Waals surface area contributed by atoms with Crippen LogP contribution >= 0.6 is 24.2 Å². The molecule has 0 radical (unpaired) electrons. The van der Waals surface area contributed by atoms with Gasteiger partial charge < -0.3 is 9.47 Å². The zero-order chi connectivity index (χ0) is 10.9. The van der Waals surface area contributed by atoms with Gasteiger partial charge in [0.15, 0.2) is 0 Å². The van der Waals surface area contributed by atoms with Gasteiger partial charge in [-0.2, -0.15) is 12.6 Å². The van der Waals surface area contributed by atoms with E-state index in [-0.39, 0.29) is 5.41 Å². The highest BCUT2D eigenvalue weighted by Crippen LogP contribution is 2.38. The number of benzene rings is 1. The molecule has 1 aliphatic rings. The van der Waals surface area contributed by atoms with Crippen LogP contribution in [-0.4, -0.2) is 26.1 Å². The smallest absolute Gasteiger partial charge is 0.120 e. The van der Waals surface area contributed by atoms with Crippen molar-refractivity contribution in [2.45, 2.75) is 5.41 Å². The van der Waals surface area contributed by atoms with E-state index in [0.29, 0.717) is 13.2 Å². The number of rotatable bonds is 3. The van der Waals surface area contributed by atoms with E-state index in [2.05, 4.69) is 12.6 Å². The third-order valence-corrected chi connectivity index (χ3v) is 3.73. The van der Waals surface area contributed by atoms with Gasteiger partial charge in [-0.25, -0.2) is 0 Å². The Kier molecular flexibility index (Phi) is 3.14. The largest absolute Gasteiger partial charge is 0.497 e. The van der Waals surface area contributed by atoms with Gasteiger partial charge in [0.1, 0.15) is 5.75 Å². The van der Waals surface area contributed by atoms with Gasteiger partial charge in [-0.1, -0.05) is 17.7 Å². The van der Waals surface area contributed by atoms with E-state index in [1.54, 1.807) is 7.11 Å². The van der Waals surface area contributed by atoms with E-state index < -0.39 is 0 Å². The number of hydrogen-bond donors (Lipinski definition) is 1. The molecule has 0 unspecified atom stereocenters. The molecule has 4 heteroatoms. The summed E-state index contributed by atoms with van der Waals surface area (Å²) in [5.74, 6) is 1.53. The van der Waals surface area contributed by atoms with Crippen LogP contribution in [0.3, 0.4) is 0 Å². The molecule has 0 spiro atoms. The van der Waals surface area contributed by atoms with Crippen LogP contribution in [0.2, 0.25) is 5.02 Å². The molecule has 0 aromatic heterocycles. The van der Waals surface area contributed by atoms with E-state index in [4.69, 9.17) is 21.1 Å². The molecule has 1 saturated heterocycles. The van der Waals surface area contributed by atoms with Gasteiger partial charge in [0.05, 0.1) is 25.7 Å². The topological polar surface area (TPSA) is 18.5 Å². The quantitative estimate of drug-likeness (QED) is 0.824. The first-order valence-corrected chi connectivity index (χ1v) is 5.75. The molecule has 0 atom stereocenters. The summed E-state index contributed by atoms with van der Waals surface area (Å²) in [5, 5.41) is 0.728. The fourth-order valence-electron chi connectivity index (χ4n) is 1.73. The van der Waals surface area contributed by atoms with Crippen molar-refractivity contribution in [2.75, 3.05) is 26.1 Å². The van der Waals surface area contributed by atoms with Crippen LogP contribution in [0.4, 0.5) is 0 Å². The lowest BCUT2D eigenvalue weighted by Crippen LogP contribution is -2.48. The van der Waals surface area contributed by atoms with Crippen LogP contribution in [0.15, 0.2) is 18.2 Å². The van der Waals surface area contributed by atoms with Crippen LogP contribution in [0.5, 0.6) is 5.75 Å². The molecule has 0 amide bonds. The van der Waals surface area contributed by atoms with E-state index in [9.17, 15) is 0 Å². The molecule has 15 heavy (non-hydrogen) atoms. The monoisotopic (exact) mass is 244 g/mol. The Morgan fingerprint density at radius 1 is 1.53 bits per heavy atom. The summed E-state index contributed by atoms with van der Waals surface area (Å²) in [4.78, 5) is 0. The second kappa shape index (κ2) is 4.24. The Bertz CT molecular complexity index is 358. The Hall–Kier alpha value is -0.380. The highest BCUT2D eigenvalue weighted by molar-refractivity contribution is 7.80. The normalized spacial score (nSPS) is 18.3. The molecule has 1 heterocycles. The van der Waals surface area contributed by atoms with Crippen molar-refractivity contribution in [3.63, 3.8) is 0 Å². The second-order valence-corrected chi connectivity index (χ2v) is 4.50. The summed E-state index contributed by atoms with van der Waals surface area (Å²) in [5.41, 5.74) is 1.10. The summed E-state index contributed by atoms with van der Waals surface area (Å²) in [6.07, 6.45) is 0. The molecule has 0 saturated carbocycles. The highest BCUT2D eigenvalue weighted by atomic mass is 35.5.